The third kappa shape index (κ3) is 2.93. The van der Waals surface area contributed by atoms with Crippen molar-refractivity contribution >= 4 is 23.2 Å². The van der Waals surface area contributed by atoms with E-state index in [1.807, 2.05) is 24.3 Å². The highest BCUT2D eigenvalue weighted by Crippen LogP contribution is 2.30. The number of nitrogens with one attached hydrogen (secondary N) is 3. The smallest absolute Gasteiger partial charge is 0.230 e. The molecule has 100 valence electrons. The van der Waals surface area contributed by atoms with Crippen LogP contribution in [0.5, 0.6) is 0 Å². The number of amides is 2. The van der Waals surface area contributed by atoms with Gasteiger partial charge in [0, 0.05) is 30.4 Å². The Bertz CT molecular complexity index is 490. The molecule has 0 aromatic heterocycles. The molecule has 1 aliphatic carbocycles. The zero-order valence-electron chi connectivity index (χ0n) is 10.6. The van der Waals surface area contributed by atoms with Crippen molar-refractivity contribution in [1.29, 1.82) is 0 Å². The fourth-order valence-corrected chi connectivity index (χ4v) is 1.95. The number of hydrogen-bond donors (Lipinski definition) is 3. The van der Waals surface area contributed by atoms with Crippen molar-refractivity contribution in [2.75, 3.05) is 23.7 Å². The lowest BCUT2D eigenvalue weighted by molar-refractivity contribution is -0.121. The van der Waals surface area contributed by atoms with Crippen LogP contribution in [0.4, 0.5) is 11.4 Å². The van der Waals surface area contributed by atoms with Crippen molar-refractivity contribution in [3.8, 4) is 0 Å². The predicted molar refractivity (Wildman–Crippen MR) is 72.8 cm³/mol. The van der Waals surface area contributed by atoms with Gasteiger partial charge in [0.05, 0.1) is 5.92 Å². The summed E-state index contributed by atoms with van der Waals surface area (Å²) in [6, 6.07) is 7.25. The number of benzene rings is 1. The van der Waals surface area contributed by atoms with Gasteiger partial charge in [0.1, 0.15) is 0 Å². The Kier molecular flexibility index (Phi) is 3.21. The molecule has 0 bridgehead atoms. The molecule has 3 N–H and O–H groups in total. The van der Waals surface area contributed by atoms with E-state index < -0.39 is 0 Å². The second-order valence-corrected chi connectivity index (χ2v) is 5.19. The number of hydrogen-bond acceptors (Lipinski definition) is 3. The van der Waals surface area contributed by atoms with Crippen LogP contribution in [0.2, 0.25) is 0 Å². The minimum atomic E-state index is 0.0496. The normalized spacial score (nSPS) is 18.5. The van der Waals surface area contributed by atoms with Crippen LogP contribution in [0.3, 0.4) is 0 Å². The van der Waals surface area contributed by atoms with Gasteiger partial charge in [-0.1, -0.05) is 0 Å². The molecule has 5 heteroatoms. The zero-order valence-corrected chi connectivity index (χ0v) is 10.6. The first-order valence-electron chi connectivity index (χ1n) is 6.65. The molecule has 0 spiro atoms. The number of anilines is 2. The van der Waals surface area contributed by atoms with Gasteiger partial charge < -0.3 is 16.0 Å². The van der Waals surface area contributed by atoms with Gasteiger partial charge in [-0.15, -0.1) is 0 Å². The summed E-state index contributed by atoms with van der Waals surface area (Å²) in [6.45, 7) is 1.50. The Morgan fingerprint density at radius 2 is 1.37 bits per heavy atom. The van der Waals surface area contributed by atoms with Crippen LogP contribution in [0.25, 0.3) is 0 Å². The third-order valence-electron chi connectivity index (χ3n) is 3.52. The van der Waals surface area contributed by atoms with E-state index in [9.17, 15) is 9.59 Å². The minimum absolute atomic E-state index is 0.0496. The Balaban J connectivity index is 1.55. The van der Waals surface area contributed by atoms with Crippen molar-refractivity contribution in [1.82, 2.24) is 5.32 Å². The standard InChI is InChI=1S/C14H17N3O2/c18-13(9-1-2-9)16-11-3-5-12(6-4-11)17-14(19)10-7-15-8-10/h3-6,9-10,15H,1-2,7-8H2,(H,16,18)(H,17,19). The Hall–Kier alpha value is -1.88. The summed E-state index contributed by atoms with van der Waals surface area (Å²) in [5.74, 6) is 0.422. The molecule has 19 heavy (non-hydrogen) atoms. The maximum absolute atomic E-state index is 11.7. The summed E-state index contributed by atoms with van der Waals surface area (Å²) >= 11 is 0. The van der Waals surface area contributed by atoms with E-state index >= 15 is 0 Å². The quantitative estimate of drug-likeness (QED) is 0.760. The highest BCUT2D eigenvalue weighted by molar-refractivity contribution is 5.95. The maximum atomic E-state index is 11.7. The van der Waals surface area contributed by atoms with Crippen molar-refractivity contribution in [2.24, 2.45) is 11.8 Å². The predicted octanol–water partition coefficient (Wildman–Crippen LogP) is 1.19. The Labute approximate surface area is 111 Å². The summed E-state index contributed by atoms with van der Waals surface area (Å²) in [7, 11) is 0. The monoisotopic (exact) mass is 259 g/mol. The molecule has 1 saturated heterocycles. The first-order valence-corrected chi connectivity index (χ1v) is 6.65. The minimum Gasteiger partial charge on any atom is -0.326 e. The van der Waals surface area contributed by atoms with E-state index in [1.165, 1.54) is 0 Å². The van der Waals surface area contributed by atoms with Crippen molar-refractivity contribution in [2.45, 2.75) is 12.8 Å². The molecule has 0 unspecified atom stereocenters. The van der Waals surface area contributed by atoms with Crippen LogP contribution in [0.1, 0.15) is 12.8 Å². The fraction of sp³-hybridized carbons (Fsp3) is 0.429. The first-order chi connectivity index (χ1) is 9.22. The molecule has 1 saturated carbocycles. The molecule has 1 aromatic rings. The third-order valence-corrected chi connectivity index (χ3v) is 3.52. The summed E-state index contributed by atoms with van der Waals surface area (Å²) in [5, 5.41) is 8.80. The topological polar surface area (TPSA) is 70.2 Å². The van der Waals surface area contributed by atoms with Gasteiger partial charge in [0.15, 0.2) is 0 Å². The Morgan fingerprint density at radius 1 is 0.895 bits per heavy atom. The molecular formula is C14H17N3O2. The summed E-state index contributed by atoms with van der Waals surface area (Å²) < 4.78 is 0. The van der Waals surface area contributed by atoms with Gasteiger partial charge in [0.25, 0.3) is 0 Å². The molecule has 3 rings (SSSR count). The molecule has 2 aliphatic rings. The lowest BCUT2D eigenvalue weighted by Gasteiger charge is -2.25. The van der Waals surface area contributed by atoms with Crippen molar-refractivity contribution in [3.05, 3.63) is 24.3 Å². The van der Waals surface area contributed by atoms with E-state index in [0.717, 1.165) is 37.3 Å². The number of carbonyl (C=O) groups excluding carboxylic acids is 2. The highest BCUT2D eigenvalue weighted by atomic mass is 16.2. The van der Waals surface area contributed by atoms with E-state index in [1.54, 1.807) is 0 Å². The van der Waals surface area contributed by atoms with Gasteiger partial charge >= 0.3 is 0 Å². The van der Waals surface area contributed by atoms with Gasteiger partial charge in [-0.3, -0.25) is 9.59 Å². The first kappa shape index (κ1) is 12.2. The van der Waals surface area contributed by atoms with E-state index in [0.29, 0.717) is 0 Å². The van der Waals surface area contributed by atoms with E-state index in [-0.39, 0.29) is 23.7 Å². The second-order valence-electron chi connectivity index (χ2n) is 5.19. The highest BCUT2D eigenvalue weighted by Gasteiger charge is 2.29. The second kappa shape index (κ2) is 5.01. The SMILES string of the molecule is O=C(Nc1ccc(NC(=O)C2CNC2)cc1)C1CC1. The molecule has 0 atom stereocenters. The fourth-order valence-electron chi connectivity index (χ4n) is 1.95. The lowest BCUT2D eigenvalue weighted by Crippen LogP contribution is -2.48. The summed E-state index contributed by atoms with van der Waals surface area (Å²) in [6.07, 6.45) is 1.99. The van der Waals surface area contributed by atoms with Crippen LogP contribution in [0, 0.1) is 11.8 Å². The summed E-state index contributed by atoms with van der Waals surface area (Å²) in [5.41, 5.74) is 1.54. The maximum Gasteiger partial charge on any atom is 0.230 e. The zero-order chi connectivity index (χ0) is 13.2. The average Bonchev–Trinajstić information content (AvgIpc) is 3.13. The van der Waals surface area contributed by atoms with Gasteiger partial charge in [-0.05, 0) is 37.1 Å². The molecule has 2 amide bonds. The largest absolute Gasteiger partial charge is 0.326 e. The van der Waals surface area contributed by atoms with E-state index in [4.69, 9.17) is 0 Å². The molecule has 0 radical (unpaired) electrons. The van der Waals surface area contributed by atoms with Crippen LogP contribution in [-0.2, 0) is 9.59 Å². The van der Waals surface area contributed by atoms with E-state index in [2.05, 4.69) is 16.0 Å². The molecule has 5 nitrogen and oxygen atoms in total. The number of carbonyl (C=O) groups is 2. The van der Waals surface area contributed by atoms with Crippen LogP contribution >= 0.6 is 0 Å². The summed E-state index contributed by atoms with van der Waals surface area (Å²) in [4.78, 5) is 23.3. The Morgan fingerprint density at radius 3 is 1.74 bits per heavy atom. The lowest BCUT2D eigenvalue weighted by atomic mass is 10.0. The molecular weight excluding hydrogens is 242 g/mol. The molecule has 1 heterocycles. The molecule has 1 aliphatic heterocycles. The van der Waals surface area contributed by atoms with Crippen molar-refractivity contribution in [3.63, 3.8) is 0 Å². The van der Waals surface area contributed by atoms with Gasteiger partial charge in [0.2, 0.25) is 11.8 Å². The van der Waals surface area contributed by atoms with Crippen LogP contribution < -0.4 is 16.0 Å². The van der Waals surface area contributed by atoms with Gasteiger partial charge in [-0.25, -0.2) is 0 Å². The van der Waals surface area contributed by atoms with Crippen LogP contribution in [0.15, 0.2) is 24.3 Å². The molecule has 1 aromatic carbocycles. The van der Waals surface area contributed by atoms with Crippen LogP contribution in [-0.4, -0.2) is 24.9 Å². The van der Waals surface area contributed by atoms with Crippen molar-refractivity contribution < 1.29 is 9.59 Å². The van der Waals surface area contributed by atoms with Gasteiger partial charge in [-0.2, -0.15) is 0 Å². The number of rotatable bonds is 4. The average molecular weight is 259 g/mol. The molecule has 2 fully saturated rings.